The normalized spacial score (nSPS) is 16.9. The number of aliphatic imine (C=N–C) groups is 1. The fraction of sp³-hybridized carbons (Fsp3) is 0.522. The number of benzene rings is 1. The topological polar surface area (TPSA) is 69.6 Å². The zero-order chi connectivity index (χ0) is 21.2. The minimum absolute atomic E-state index is 0.262. The van der Waals surface area contributed by atoms with Crippen molar-refractivity contribution in [3.05, 3.63) is 52.0 Å². The van der Waals surface area contributed by atoms with E-state index >= 15 is 0 Å². The van der Waals surface area contributed by atoms with E-state index < -0.39 is 0 Å². The molecule has 0 spiro atoms. The van der Waals surface area contributed by atoms with Crippen LogP contribution < -0.4 is 10.6 Å². The van der Waals surface area contributed by atoms with Crippen molar-refractivity contribution in [2.24, 2.45) is 10.9 Å². The van der Waals surface area contributed by atoms with E-state index in [2.05, 4.69) is 38.1 Å². The number of hydrogen-bond acceptors (Lipinski definition) is 4. The molecule has 0 saturated carbocycles. The fourth-order valence-corrected chi connectivity index (χ4v) is 4.52. The second-order valence-electron chi connectivity index (χ2n) is 7.87. The molecule has 0 aliphatic carbocycles. The van der Waals surface area contributed by atoms with Crippen LogP contribution in [0.1, 0.15) is 35.5 Å². The number of nitrogens with one attached hydrogen (secondary N) is 2. The first-order valence-corrected chi connectivity index (χ1v) is 11.7. The summed E-state index contributed by atoms with van der Waals surface area (Å²) < 4.78 is 0. The summed E-state index contributed by atoms with van der Waals surface area (Å²) in [5.74, 6) is 1.41. The van der Waals surface area contributed by atoms with Crippen molar-refractivity contribution < 1.29 is 4.79 Å². The first-order chi connectivity index (χ1) is 14.6. The van der Waals surface area contributed by atoms with E-state index in [0.717, 1.165) is 63.5 Å². The Hall–Kier alpha value is -2.41. The van der Waals surface area contributed by atoms with Crippen molar-refractivity contribution in [3.63, 3.8) is 0 Å². The molecule has 2 N–H and O–H groups in total. The van der Waals surface area contributed by atoms with Gasteiger partial charge in [-0.15, -0.1) is 11.3 Å². The lowest BCUT2D eigenvalue weighted by Gasteiger charge is -2.18. The summed E-state index contributed by atoms with van der Waals surface area (Å²) >= 11 is 1.74. The first kappa shape index (κ1) is 22.3. The van der Waals surface area contributed by atoms with Crippen LogP contribution >= 0.6 is 11.3 Å². The molecule has 0 radical (unpaired) electrons. The van der Waals surface area contributed by atoms with Gasteiger partial charge in [0.1, 0.15) is 0 Å². The molecule has 6 nitrogen and oxygen atoms in total. The molecule has 162 valence electrons. The number of carbonyl (C=O) groups is 1. The van der Waals surface area contributed by atoms with E-state index in [1.54, 1.807) is 18.4 Å². The summed E-state index contributed by atoms with van der Waals surface area (Å²) in [5.41, 5.74) is 2.39. The average Bonchev–Trinajstić information content (AvgIpc) is 3.34. The molecular weight excluding hydrogens is 394 g/mol. The van der Waals surface area contributed by atoms with E-state index in [1.165, 1.54) is 10.6 Å². The smallest absolute Gasteiger partial charge is 0.223 e. The van der Waals surface area contributed by atoms with Crippen molar-refractivity contribution in [1.82, 2.24) is 20.5 Å². The van der Waals surface area contributed by atoms with Gasteiger partial charge in [0, 0.05) is 56.6 Å². The molecule has 30 heavy (non-hydrogen) atoms. The second-order valence-corrected chi connectivity index (χ2v) is 8.81. The number of hydrogen-bond donors (Lipinski definition) is 2. The third kappa shape index (κ3) is 7.13. The van der Waals surface area contributed by atoms with Crippen molar-refractivity contribution in [1.29, 1.82) is 0 Å². The van der Waals surface area contributed by atoms with Crippen LogP contribution in [0.3, 0.4) is 0 Å². The van der Waals surface area contributed by atoms with Gasteiger partial charge in [0.05, 0.1) is 5.01 Å². The Bertz CT molecular complexity index is 820. The Balaban J connectivity index is 1.30. The number of nitrogens with zero attached hydrogens (tertiary/aromatic N) is 3. The highest BCUT2D eigenvalue weighted by molar-refractivity contribution is 7.09. The number of unbranched alkanes of at least 4 members (excludes halogenated alkanes) is 1. The third-order valence-corrected chi connectivity index (χ3v) is 6.39. The van der Waals surface area contributed by atoms with Gasteiger partial charge in [-0.25, -0.2) is 4.98 Å². The third-order valence-electron chi connectivity index (χ3n) is 5.37. The maximum atomic E-state index is 12.3. The molecule has 1 saturated heterocycles. The number of aryl methyl sites for hydroxylation is 2. The Morgan fingerprint density at radius 2 is 2.07 bits per heavy atom. The molecule has 1 amide bonds. The molecule has 1 atom stereocenters. The zero-order valence-corrected chi connectivity index (χ0v) is 18.9. The molecular formula is C23H33N5OS. The molecule has 1 aromatic carbocycles. The Kier molecular flexibility index (Phi) is 8.68. The maximum absolute atomic E-state index is 12.3. The predicted octanol–water partition coefficient (Wildman–Crippen LogP) is 3.03. The lowest BCUT2D eigenvalue weighted by Crippen LogP contribution is -2.40. The molecule has 1 fully saturated rings. The highest BCUT2D eigenvalue weighted by Crippen LogP contribution is 2.17. The largest absolute Gasteiger partial charge is 0.356 e. The van der Waals surface area contributed by atoms with Crippen LogP contribution in [0, 0.1) is 12.8 Å². The summed E-state index contributed by atoms with van der Waals surface area (Å²) in [4.78, 5) is 23.1. The van der Waals surface area contributed by atoms with Gasteiger partial charge in [0.2, 0.25) is 5.91 Å². The van der Waals surface area contributed by atoms with Crippen LogP contribution in [-0.4, -0.2) is 55.0 Å². The van der Waals surface area contributed by atoms with E-state index in [9.17, 15) is 4.79 Å². The van der Waals surface area contributed by atoms with Gasteiger partial charge in [0.15, 0.2) is 5.96 Å². The van der Waals surface area contributed by atoms with Crippen LogP contribution in [-0.2, 0) is 17.6 Å². The van der Waals surface area contributed by atoms with Gasteiger partial charge >= 0.3 is 0 Å². The Morgan fingerprint density at radius 3 is 2.80 bits per heavy atom. The summed E-state index contributed by atoms with van der Waals surface area (Å²) in [6, 6.07) is 10.4. The summed E-state index contributed by atoms with van der Waals surface area (Å²) in [5, 5.41) is 10.1. The van der Waals surface area contributed by atoms with Gasteiger partial charge in [0.25, 0.3) is 0 Å². The van der Waals surface area contributed by atoms with E-state index in [-0.39, 0.29) is 5.91 Å². The maximum Gasteiger partial charge on any atom is 0.223 e. The number of aromatic nitrogens is 1. The molecule has 1 aromatic heterocycles. The number of amides is 1. The van der Waals surface area contributed by atoms with Crippen molar-refractivity contribution >= 4 is 23.2 Å². The standard InChI is InChI=1S/C23H33N5OS/c1-18-17-30-21(27-18)10-6-7-12-25-23(24-2)26-15-20-14-22(29)28(16-20)13-11-19-8-4-3-5-9-19/h3-5,8-9,17,20H,6-7,10-16H2,1-2H3,(H2,24,25,26). The highest BCUT2D eigenvalue weighted by Gasteiger charge is 2.29. The molecule has 2 aromatic rings. The summed E-state index contributed by atoms with van der Waals surface area (Å²) in [6.07, 6.45) is 4.76. The second kappa shape index (κ2) is 11.7. The average molecular weight is 428 g/mol. The molecule has 1 aliphatic rings. The Labute approximate surface area is 183 Å². The van der Waals surface area contributed by atoms with Gasteiger partial charge < -0.3 is 15.5 Å². The van der Waals surface area contributed by atoms with E-state index in [4.69, 9.17) is 0 Å². The molecule has 1 unspecified atom stereocenters. The van der Waals surface area contributed by atoms with Crippen LogP contribution in [0.5, 0.6) is 0 Å². The van der Waals surface area contributed by atoms with Crippen molar-refractivity contribution in [3.8, 4) is 0 Å². The van der Waals surface area contributed by atoms with Crippen LogP contribution in [0.25, 0.3) is 0 Å². The minimum Gasteiger partial charge on any atom is -0.356 e. The van der Waals surface area contributed by atoms with Crippen LogP contribution in [0.15, 0.2) is 40.7 Å². The van der Waals surface area contributed by atoms with Gasteiger partial charge in [-0.05, 0) is 38.2 Å². The summed E-state index contributed by atoms with van der Waals surface area (Å²) in [7, 11) is 1.79. The lowest BCUT2D eigenvalue weighted by atomic mass is 10.1. The number of guanidine groups is 1. The van der Waals surface area contributed by atoms with Crippen molar-refractivity contribution in [2.45, 2.75) is 39.0 Å². The molecule has 7 heteroatoms. The number of thiazole rings is 1. The zero-order valence-electron chi connectivity index (χ0n) is 18.1. The van der Waals surface area contributed by atoms with E-state index in [0.29, 0.717) is 12.3 Å². The van der Waals surface area contributed by atoms with Gasteiger partial charge in [-0.3, -0.25) is 9.79 Å². The highest BCUT2D eigenvalue weighted by atomic mass is 32.1. The summed E-state index contributed by atoms with van der Waals surface area (Å²) in [6.45, 7) is 5.31. The lowest BCUT2D eigenvalue weighted by molar-refractivity contribution is -0.127. The molecule has 1 aliphatic heterocycles. The predicted molar refractivity (Wildman–Crippen MR) is 124 cm³/mol. The first-order valence-electron chi connectivity index (χ1n) is 10.8. The number of likely N-dealkylation sites (tertiary alicyclic amines) is 1. The molecule has 2 heterocycles. The Morgan fingerprint density at radius 1 is 1.23 bits per heavy atom. The number of rotatable bonds is 10. The molecule has 0 bridgehead atoms. The fourth-order valence-electron chi connectivity index (χ4n) is 3.70. The number of carbonyl (C=O) groups excluding carboxylic acids is 1. The van der Waals surface area contributed by atoms with Crippen molar-refractivity contribution in [2.75, 3.05) is 33.2 Å². The van der Waals surface area contributed by atoms with Crippen LogP contribution in [0.4, 0.5) is 0 Å². The van der Waals surface area contributed by atoms with Gasteiger partial charge in [-0.1, -0.05) is 30.3 Å². The SMILES string of the molecule is CN=C(NCCCCc1nc(C)cs1)NCC1CC(=O)N(CCc2ccccc2)C1. The monoisotopic (exact) mass is 427 g/mol. The van der Waals surface area contributed by atoms with Crippen LogP contribution in [0.2, 0.25) is 0 Å². The quantitative estimate of drug-likeness (QED) is 0.347. The van der Waals surface area contributed by atoms with Gasteiger partial charge in [-0.2, -0.15) is 0 Å². The minimum atomic E-state index is 0.262. The molecule has 3 rings (SSSR count). The van der Waals surface area contributed by atoms with E-state index in [1.807, 2.05) is 30.0 Å².